The summed E-state index contributed by atoms with van der Waals surface area (Å²) in [6.07, 6.45) is 4.12. The second-order valence-corrected chi connectivity index (χ2v) is 7.49. The van der Waals surface area contributed by atoms with Gasteiger partial charge in [-0.3, -0.25) is 9.20 Å². The minimum Gasteiger partial charge on any atom is -0.324 e. The Labute approximate surface area is 153 Å². The maximum absolute atomic E-state index is 13.1. The second-order valence-electron chi connectivity index (χ2n) is 6.57. The average Bonchev–Trinajstić information content (AvgIpc) is 3.42. The molecule has 0 bridgehead atoms. The van der Waals surface area contributed by atoms with E-state index in [4.69, 9.17) is 0 Å². The van der Waals surface area contributed by atoms with E-state index in [0.29, 0.717) is 18.2 Å². The lowest BCUT2D eigenvalue weighted by molar-refractivity contribution is -0.938. The summed E-state index contributed by atoms with van der Waals surface area (Å²) >= 11 is 3.38. The zero-order valence-corrected chi connectivity index (χ0v) is 15.2. The first-order valence-electron chi connectivity index (χ1n) is 8.35. The Morgan fingerprint density at radius 3 is 2.64 bits per heavy atom. The molecule has 0 aliphatic heterocycles. The van der Waals surface area contributed by atoms with Crippen LogP contribution in [-0.2, 0) is 13.1 Å². The van der Waals surface area contributed by atoms with E-state index in [1.807, 2.05) is 24.3 Å². The van der Waals surface area contributed by atoms with Gasteiger partial charge in [-0.1, -0.05) is 12.1 Å². The van der Waals surface area contributed by atoms with Gasteiger partial charge in [0.05, 0.1) is 6.04 Å². The van der Waals surface area contributed by atoms with Gasteiger partial charge in [-0.15, -0.1) is 0 Å². The summed E-state index contributed by atoms with van der Waals surface area (Å²) in [4.78, 5) is 18.4. The predicted octanol–water partition coefficient (Wildman–Crippen LogP) is 2.34. The molecule has 1 atom stereocenters. The average molecular weight is 403 g/mol. The van der Waals surface area contributed by atoms with Crippen molar-refractivity contribution in [3.05, 3.63) is 80.6 Å². The molecule has 1 unspecified atom stereocenters. The van der Waals surface area contributed by atoms with E-state index in [9.17, 15) is 9.18 Å². The number of benzene rings is 1. The van der Waals surface area contributed by atoms with Crippen molar-refractivity contribution in [2.45, 2.75) is 32.0 Å². The lowest BCUT2D eigenvalue weighted by Gasteiger charge is -2.19. The highest BCUT2D eigenvalue weighted by atomic mass is 79.9. The second kappa shape index (κ2) is 6.69. The number of rotatable bonds is 5. The molecule has 2 aromatic heterocycles. The highest BCUT2D eigenvalue weighted by molar-refractivity contribution is 9.10. The molecule has 1 aromatic carbocycles. The number of pyridine rings is 1. The van der Waals surface area contributed by atoms with Crippen molar-refractivity contribution in [1.29, 1.82) is 0 Å². The van der Waals surface area contributed by atoms with Crippen molar-refractivity contribution in [1.82, 2.24) is 9.38 Å². The first-order chi connectivity index (χ1) is 12.1. The van der Waals surface area contributed by atoms with Crippen molar-refractivity contribution in [3.63, 3.8) is 0 Å². The Hall–Kier alpha value is -2.05. The first-order valence-corrected chi connectivity index (χ1v) is 9.15. The summed E-state index contributed by atoms with van der Waals surface area (Å²) in [7, 11) is 0. The summed E-state index contributed by atoms with van der Waals surface area (Å²) in [5.41, 5.74) is 2.49. The molecule has 1 aliphatic carbocycles. The Balaban J connectivity index is 1.60. The number of hydrogen-bond acceptors (Lipinski definition) is 2. The van der Waals surface area contributed by atoms with Crippen molar-refractivity contribution in [2.75, 3.05) is 0 Å². The quantitative estimate of drug-likeness (QED) is 0.711. The number of aromatic nitrogens is 2. The first kappa shape index (κ1) is 16.4. The van der Waals surface area contributed by atoms with Gasteiger partial charge in [-0.25, -0.2) is 9.37 Å². The van der Waals surface area contributed by atoms with Gasteiger partial charge in [0.2, 0.25) is 0 Å². The minimum absolute atomic E-state index is 0.0711. The van der Waals surface area contributed by atoms with Crippen LogP contribution in [0.5, 0.6) is 0 Å². The molecular formula is C19H18BrFN3O+. The van der Waals surface area contributed by atoms with Gasteiger partial charge >= 0.3 is 0 Å². The van der Waals surface area contributed by atoms with Gasteiger partial charge in [-0.2, -0.15) is 0 Å². The third-order valence-corrected chi connectivity index (χ3v) is 5.05. The monoisotopic (exact) mass is 402 g/mol. The van der Waals surface area contributed by atoms with E-state index < -0.39 is 0 Å². The Morgan fingerprint density at radius 1 is 1.16 bits per heavy atom. The summed E-state index contributed by atoms with van der Waals surface area (Å²) in [5, 5.41) is 0. The fraction of sp³-hybridized carbons (Fsp3) is 0.263. The van der Waals surface area contributed by atoms with Crippen LogP contribution >= 0.6 is 15.9 Å². The van der Waals surface area contributed by atoms with Gasteiger partial charge < -0.3 is 4.90 Å². The molecule has 4 rings (SSSR count). The molecular weight excluding hydrogens is 385 g/mol. The molecule has 2 heterocycles. The van der Waals surface area contributed by atoms with Gasteiger partial charge in [0, 0.05) is 35.1 Å². The largest absolute Gasteiger partial charge is 0.324 e. The smallest absolute Gasteiger partial charge is 0.258 e. The van der Waals surface area contributed by atoms with E-state index >= 15 is 0 Å². The van der Waals surface area contributed by atoms with Crippen LogP contribution in [0.3, 0.4) is 0 Å². The highest BCUT2D eigenvalue weighted by Gasteiger charge is 2.33. The molecule has 1 N–H and O–H groups in total. The predicted molar refractivity (Wildman–Crippen MR) is 97.0 cm³/mol. The number of fused-ring (bicyclic) bond motifs is 1. The normalized spacial score (nSPS) is 15.4. The van der Waals surface area contributed by atoms with Gasteiger partial charge in [0.1, 0.15) is 30.2 Å². The summed E-state index contributed by atoms with van der Waals surface area (Å²) in [6.45, 7) is 1.51. The lowest BCUT2D eigenvalue weighted by atomic mass is 10.2. The third-order valence-electron chi connectivity index (χ3n) is 4.58. The number of hydrogen-bond donors (Lipinski definition) is 1. The van der Waals surface area contributed by atoms with Crippen LogP contribution in [0.15, 0.2) is 57.9 Å². The minimum atomic E-state index is -0.216. The molecule has 0 radical (unpaired) electrons. The molecule has 1 aliphatic rings. The number of halogens is 2. The van der Waals surface area contributed by atoms with E-state index in [0.717, 1.165) is 22.3 Å². The van der Waals surface area contributed by atoms with Crippen LogP contribution in [-0.4, -0.2) is 15.4 Å². The molecule has 128 valence electrons. The number of quaternary nitrogens is 1. The molecule has 4 nitrogen and oxygen atoms in total. The van der Waals surface area contributed by atoms with Crippen LogP contribution in [0.2, 0.25) is 0 Å². The van der Waals surface area contributed by atoms with Gasteiger partial charge in [0.25, 0.3) is 5.56 Å². The van der Waals surface area contributed by atoms with E-state index in [1.165, 1.54) is 29.9 Å². The Morgan fingerprint density at radius 2 is 1.92 bits per heavy atom. The summed E-state index contributed by atoms with van der Waals surface area (Å²) in [5.74, 6) is -0.216. The van der Waals surface area contributed by atoms with Crippen molar-refractivity contribution in [2.24, 2.45) is 0 Å². The van der Waals surface area contributed by atoms with Crippen molar-refractivity contribution < 1.29 is 9.29 Å². The summed E-state index contributed by atoms with van der Waals surface area (Å²) < 4.78 is 15.5. The van der Waals surface area contributed by atoms with Crippen molar-refractivity contribution >= 4 is 21.6 Å². The molecule has 3 aromatic rings. The van der Waals surface area contributed by atoms with E-state index in [2.05, 4.69) is 20.9 Å². The molecule has 25 heavy (non-hydrogen) atoms. The van der Waals surface area contributed by atoms with E-state index in [-0.39, 0.29) is 11.4 Å². The van der Waals surface area contributed by atoms with Gasteiger partial charge in [0.15, 0.2) is 0 Å². The van der Waals surface area contributed by atoms with Crippen LogP contribution in [0.4, 0.5) is 4.39 Å². The fourth-order valence-electron chi connectivity index (χ4n) is 3.16. The zero-order valence-electron chi connectivity index (χ0n) is 13.6. The molecule has 0 saturated heterocycles. The highest BCUT2D eigenvalue weighted by Crippen LogP contribution is 2.17. The van der Waals surface area contributed by atoms with Gasteiger partial charge in [-0.05, 0) is 40.2 Å². The van der Waals surface area contributed by atoms with Crippen LogP contribution in [0.1, 0.15) is 24.1 Å². The summed E-state index contributed by atoms with van der Waals surface area (Å²) in [6, 6.07) is 12.6. The SMILES string of the molecule is O=c1cc(C[NH+](Cc2ccc(F)cc2)C2CC2)nc2ccc(Br)cn12. The molecule has 1 fully saturated rings. The standard InChI is InChI=1S/C19H17BrFN3O/c20-14-3-8-18-22-16(9-19(25)24(18)11-14)12-23(17-6-7-17)10-13-1-4-15(21)5-2-13/h1-5,8-9,11,17H,6-7,10,12H2/p+1. The third kappa shape index (κ3) is 3.80. The van der Waals surface area contributed by atoms with Crippen LogP contribution in [0.25, 0.3) is 5.65 Å². The number of nitrogens with one attached hydrogen (secondary N) is 1. The molecule has 0 spiro atoms. The lowest BCUT2D eigenvalue weighted by Crippen LogP contribution is -3.10. The Kier molecular flexibility index (Phi) is 4.39. The molecule has 0 amide bonds. The van der Waals surface area contributed by atoms with Crippen LogP contribution in [0, 0.1) is 5.82 Å². The fourth-order valence-corrected chi connectivity index (χ4v) is 3.49. The maximum atomic E-state index is 13.1. The van der Waals surface area contributed by atoms with E-state index in [1.54, 1.807) is 16.7 Å². The molecule has 6 heteroatoms. The number of nitrogens with zero attached hydrogens (tertiary/aromatic N) is 2. The van der Waals surface area contributed by atoms with Crippen LogP contribution < -0.4 is 10.5 Å². The Bertz CT molecular complexity index is 967. The maximum Gasteiger partial charge on any atom is 0.258 e. The topological polar surface area (TPSA) is 38.8 Å². The van der Waals surface area contributed by atoms with Crippen molar-refractivity contribution in [3.8, 4) is 0 Å². The zero-order chi connectivity index (χ0) is 17.4. The molecule has 1 saturated carbocycles.